The lowest BCUT2D eigenvalue weighted by molar-refractivity contribution is 0.581. The van der Waals surface area contributed by atoms with Crippen molar-refractivity contribution in [2.45, 2.75) is 11.4 Å². The SMILES string of the molecule is N#Cc1ccccc1S(=O)(=O)NCc1ccnc(-c2cccs2)c1. The standard InChI is InChI=1S/C17H13N3O2S2/c18-11-14-4-1-2-6-17(14)24(21,22)20-12-13-7-8-19-15(10-13)16-5-3-9-23-16/h1-10,20H,12H2. The summed E-state index contributed by atoms with van der Waals surface area (Å²) in [5.41, 5.74) is 1.73. The summed E-state index contributed by atoms with van der Waals surface area (Å²) < 4.78 is 27.4. The quantitative estimate of drug-likeness (QED) is 0.762. The van der Waals surface area contributed by atoms with E-state index >= 15 is 0 Å². The molecule has 0 unspecified atom stereocenters. The highest BCUT2D eigenvalue weighted by Crippen LogP contribution is 2.23. The molecule has 0 spiro atoms. The second kappa shape index (κ2) is 6.93. The van der Waals surface area contributed by atoms with Gasteiger partial charge in [-0.1, -0.05) is 18.2 Å². The zero-order valence-corrected chi connectivity index (χ0v) is 14.1. The second-order valence-electron chi connectivity index (χ2n) is 4.96. The molecule has 2 aromatic heterocycles. The number of sulfonamides is 1. The first-order valence-electron chi connectivity index (χ1n) is 7.08. The molecule has 0 atom stereocenters. The van der Waals surface area contributed by atoms with Gasteiger partial charge < -0.3 is 0 Å². The topological polar surface area (TPSA) is 82.8 Å². The third-order valence-corrected chi connectivity index (χ3v) is 5.71. The lowest BCUT2D eigenvalue weighted by Gasteiger charge is -2.08. The lowest BCUT2D eigenvalue weighted by atomic mass is 10.2. The first-order valence-corrected chi connectivity index (χ1v) is 9.44. The first-order chi connectivity index (χ1) is 11.6. The van der Waals surface area contributed by atoms with Crippen molar-refractivity contribution in [3.8, 4) is 16.6 Å². The van der Waals surface area contributed by atoms with E-state index < -0.39 is 10.0 Å². The summed E-state index contributed by atoms with van der Waals surface area (Å²) in [6.45, 7) is 0.128. The summed E-state index contributed by atoms with van der Waals surface area (Å²) in [6.07, 6.45) is 1.65. The van der Waals surface area contributed by atoms with E-state index in [0.29, 0.717) is 0 Å². The molecule has 0 aliphatic rings. The fourth-order valence-corrected chi connectivity index (χ4v) is 4.06. The molecule has 1 N–H and O–H groups in total. The van der Waals surface area contributed by atoms with Gasteiger partial charge >= 0.3 is 0 Å². The van der Waals surface area contributed by atoms with Gasteiger partial charge in [-0.15, -0.1) is 11.3 Å². The molecular formula is C17H13N3O2S2. The van der Waals surface area contributed by atoms with E-state index in [1.165, 1.54) is 12.1 Å². The smallest absolute Gasteiger partial charge is 0.242 e. The largest absolute Gasteiger partial charge is 0.255 e. The Kier molecular flexibility index (Phi) is 4.71. The number of nitriles is 1. The Morgan fingerprint density at radius 2 is 2.00 bits per heavy atom. The molecule has 0 aliphatic carbocycles. The van der Waals surface area contributed by atoms with Crippen molar-refractivity contribution in [3.05, 3.63) is 71.2 Å². The van der Waals surface area contributed by atoms with Gasteiger partial charge in [-0.05, 0) is 41.3 Å². The number of pyridine rings is 1. The third-order valence-electron chi connectivity index (χ3n) is 3.36. The third kappa shape index (κ3) is 3.51. The summed E-state index contributed by atoms with van der Waals surface area (Å²) in [5.74, 6) is 0. The number of benzene rings is 1. The summed E-state index contributed by atoms with van der Waals surface area (Å²) in [6, 6.07) is 15.5. The molecule has 0 saturated carbocycles. The van der Waals surface area contributed by atoms with Crippen molar-refractivity contribution >= 4 is 21.4 Å². The van der Waals surface area contributed by atoms with Crippen LogP contribution in [-0.4, -0.2) is 13.4 Å². The highest BCUT2D eigenvalue weighted by molar-refractivity contribution is 7.89. The molecule has 0 saturated heterocycles. The van der Waals surface area contributed by atoms with Gasteiger partial charge in [-0.3, -0.25) is 4.98 Å². The number of rotatable bonds is 5. The molecule has 0 fully saturated rings. The predicted molar refractivity (Wildman–Crippen MR) is 92.7 cm³/mol. The van der Waals surface area contributed by atoms with E-state index in [-0.39, 0.29) is 17.0 Å². The minimum atomic E-state index is -3.76. The second-order valence-corrected chi connectivity index (χ2v) is 7.64. The minimum Gasteiger partial charge on any atom is -0.255 e. The molecular weight excluding hydrogens is 342 g/mol. The van der Waals surface area contributed by atoms with Crippen molar-refractivity contribution in [2.24, 2.45) is 0 Å². The summed E-state index contributed by atoms with van der Waals surface area (Å²) in [7, 11) is -3.76. The van der Waals surface area contributed by atoms with Gasteiger partial charge in [-0.25, -0.2) is 13.1 Å². The molecule has 5 nitrogen and oxygen atoms in total. The minimum absolute atomic E-state index is 0.0139. The van der Waals surface area contributed by atoms with Crippen LogP contribution < -0.4 is 4.72 Å². The predicted octanol–water partition coefficient (Wildman–Crippen LogP) is 3.16. The number of nitrogens with zero attached hydrogens (tertiary/aromatic N) is 2. The van der Waals surface area contributed by atoms with Gasteiger partial charge in [0.1, 0.15) is 6.07 Å². The first kappa shape index (κ1) is 16.3. The zero-order chi connectivity index (χ0) is 17.0. The van der Waals surface area contributed by atoms with Gasteiger partial charge in [0.15, 0.2) is 0 Å². The molecule has 120 valence electrons. The maximum absolute atomic E-state index is 12.4. The molecule has 2 heterocycles. The van der Waals surface area contributed by atoms with Crippen LogP contribution in [0.15, 0.2) is 65.0 Å². The highest BCUT2D eigenvalue weighted by atomic mass is 32.2. The van der Waals surface area contributed by atoms with Crippen LogP contribution in [0.1, 0.15) is 11.1 Å². The van der Waals surface area contributed by atoms with Crippen molar-refractivity contribution in [1.82, 2.24) is 9.71 Å². The van der Waals surface area contributed by atoms with Gasteiger partial charge in [0.05, 0.1) is 21.0 Å². The van der Waals surface area contributed by atoms with Gasteiger partial charge in [-0.2, -0.15) is 5.26 Å². The maximum Gasteiger partial charge on any atom is 0.242 e. The fourth-order valence-electron chi connectivity index (χ4n) is 2.19. The molecule has 0 bridgehead atoms. The Morgan fingerprint density at radius 1 is 1.17 bits per heavy atom. The van der Waals surface area contributed by atoms with Crippen LogP contribution in [0.4, 0.5) is 0 Å². The summed E-state index contributed by atoms with van der Waals surface area (Å²) in [5, 5.41) is 11.0. The number of nitrogens with one attached hydrogen (secondary N) is 1. The lowest BCUT2D eigenvalue weighted by Crippen LogP contribution is -2.24. The van der Waals surface area contributed by atoms with Crippen LogP contribution >= 0.6 is 11.3 Å². The molecule has 0 radical (unpaired) electrons. The van der Waals surface area contributed by atoms with E-state index in [1.807, 2.05) is 29.6 Å². The fraction of sp³-hybridized carbons (Fsp3) is 0.0588. The Morgan fingerprint density at radius 3 is 2.75 bits per heavy atom. The van der Waals surface area contributed by atoms with Crippen molar-refractivity contribution in [3.63, 3.8) is 0 Å². The average molecular weight is 355 g/mol. The van der Waals surface area contributed by atoms with E-state index in [4.69, 9.17) is 5.26 Å². The van der Waals surface area contributed by atoms with Crippen molar-refractivity contribution in [1.29, 1.82) is 5.26 Å². The molecule has 1 aromatic carbocycles. The van der Waals surface area contributed by atoms with Crippen LogP contribution in [0.2, 0.25) is 0 Å². The molecule has 24 heavy (non-hydrogen) atoms. The Hall–Kier alpha value is -2.53. The number of aromatic nitrogens is 1. The van der Waals surface area contributed by atoms with Crippen LogP contribution in [0.25, 0.3) is 10.6 Å². The summed E-state index contributed by atoms with van der Waals surface area (Å²) in [4.78, 5) is 5.31. The number of thiophene rings is 1. The van der Waals surface area contributed by atoms with Crippen LogP contribution in [0, 0.1) is 11.3 Å². The Bertz CT molecular complexity index is 991. The normalized spacial score (nSPS) is 11.1. The van der Waals surface area contributed by atoms with Crippen molar-refractivity contribution < 1.29 is 8.42 Å². The number of hydrogen-bond acceptors (Lipinski definition) is 5. The molecule has 3 rings (SSSR count). The molecule has 3 aromatic rings. The Balaban J connectivity index is 1.81. The monoisotopic (exact) mass is 355 g/mol. The van der Waals surface area contributed by atoms with E-state index in [9.17, 15) is 8.42 Å². The van der Waals surface area contributed by atoms with Crippen LogP contribution in [-0.2, 0) is 16.6 Å². The zero-order valence-electron chi connectivity index (χ0n) is 12.5. The average Bonchev–Trinajstić information content (AvgIpc) is 3.15. The van der Waals surface area contributed by atoms with Crippen LogP contribution in [0.3, 0.4) is 0 Å². The van der Waals surface area contributed by atoms with E-state index in [0.717, 1.165) is 16.1 Å². The van der Waals surface area contributed by atoms with E-state index in [2.05, 4.69) is 9.71 Å². The van der Waals surface area contributed by atoms with Crippen molar-refractivity contribution in [2.75, 3.05) is 0 Å². The molecule has 0 amide bonds. The molecule has 0 aliphatic heterocycles. The van der Waals surface area contributed by atoms with E-state index in [1.54, 1.807) is 35.7 Å². The Labute approximate surface area is 144 Å². The number of hydrogen-bond donors (Lipinski definition) is 1. The van der Waals surface area contributed by atoms with Gasteiger partial charge in [0.25, 0.3) is 0 Å². The summed E-state index contributed by atoms with van der Waals surface area (Å²) >= 11 is 1.57. The highest BCUT2D eigenvalue weighted by Gasteiger charge is 2.17. The van der Waals surface area contributed by atoms with Gasteiger partial charge in [0.2, 0.25) is 10.0 Å². The van der Waals surface area contributed by atoms with Gasteiger partial charge in [0, 0.05) is 12.7 Å². The van der Waals surface area contributed by atoms with Crippen LogP contribution in [0.5, 0.6) is 0 Å². The molecule has 7 heteroatoms. The maximum atomic E-state index is 12.4.